The molecule has 3 nitrogen and oxygen atoms in total. The quantitative estimate of drug-likeness (QED) is 0.721. The number of hydrogen-bond donors (Lipinski definition) is 1. The van der Waals surface area contributed by atoms with Crippen LogP contribution in [0.5, 0.6) is 5.75 Å². The smallest absolute Gasteiger partial charge is 0.303 e. The molecule has 94 valence electrons. The van der Waals surface area contributed by atoms with E-state index in [1.54, 1.807) is 12.1 Å². The van der Waals surface area contributed by atoms with Crippen LogP contribution in [0.25, 0.3) is 0 Å². The summed E-state index contributed by atoms with van der Waals surface area (Å²) in [6, 6.07) is 7.27. The van der Waals surface area contributed by atoms with Gasteiger partial charge in [0.05, 0.1) is 6.61 Å². The Hall–Kier alpha value is -1.22. The Kier molecular flexibility index (Phi) is 6.48. The lowest BCUT2D eigenvalue weighted by atomic mass is 10.1. The first-order valence-corrected chi connectivity index (χ1v) is 6.16. The second kappa shape index (κ2) is 7.96. The van der Waals surface area contributed by atoms with E-state index < -0.39 is 5.97 Å². The SMILES string of the molecule is O=C(O)CCCCCCOc1ccc(Cl)cc1. The first kappa shape index (κ1) is 13.8. The molecule has 0 unspecified atom stereocenters. The summed E-state index contributed by atoms with van der Waals surface area (Å²) < 4.78 is 5.51. The fourth-order valence-corrected chi connectivity index (χ4v) is 1.58. The maximum atomic E-state index is 10.3. The highest BCUT2D eigenvalue weighted by Crippen LogP contribution is 2.15. The number of rotatable bonds is 8. The van der Waals surface area contributed by atoms with Crippen LogP contribution in [0.15, 0.2) is 24.3 Å². The Morgan fingerprint density at radius 1 is 1.12 bits per heavy atom. The third-order valence-electron chi connectivity index (χ3n) is 2.37. The number of hydrogen-bond acceptors (Lipinski definition) is 2. The molecule has 0 spiro atoms. The number of aliphatic carboxylic acids is 1. The number of carboxylic acids is 1. The summed E-state index contributed by atoms with van der Waals surface area (Å²) in [7, 11) is 0. The average molecular weight is 257 g/mol. The number of benzene rings is 1. The molecule has 0 aliphatic carbocycles. The van der Waals surface area contributed by atoms with E-state index in [9.17, 15) is 4.79 Å². The van der Waals surface area contributed by atoms with Crippen molar-refractivity contribution in [2.45, 2.75) is 32.1 Å². The molecular formula is C13H17ClO3. The minimum atomic E-state index is -0.720. The molecule has 0 atom stereocenters. The van der Waals surface area contributed by atoms with Crippen LogP contribution in [0.2, 0.25) is 5.02 Å². The first-order chi connectivity index (χ1) is 8.18. The van der Waals surface area contributed by atoms with Gasteiger partial charge in [0.15, 0.2) is 0 Å². The van der Waals surface area contributed by atoms with E-state index in [0.29, 0.717) is 11.6 Å². The minimum Gasteiger partial charge on any atom is -0.494 e. The van der Waals surface area contributed by atoms with E-state index in [1.807, 2.05) is 12.1 Å². The Morgan fingerprint density at radius 3 is 2.41 bits per heavy atom. The zero-order valence-corrected chi connectivity index (χ0v) is 10.4. The Bertz CT molecular complexity index is 335. The van der Waals surface area contributed by atoms with Crippen molar-refractivity contribution in [2.75, 3.05) is 6.61 Å². The molecule has 17 heavy (non-hydrogen) atoms. The summed E-state index contributed by atoms with van der Waals surface area (Å²) >= 11 is 5.75. The van der Waals surface area contributed by atoms with Crippen molar-refractivity contribution < 1.29 is 14.6 Å². The molecule has 0 heterocycles. The zero-order valence-electron chi connectivity index (χ0n) is 9.69. The molecule has 0 amide bonds. The zero-order chi connectivity index (χ0) is 12.5. The third-order valence-corrected chi connectivity index (χ3v) is 2.62. The van der Waals surface area contributed by atoms with Crippen molar-refractivity contribution >= 4 is 17.6 Å². The van der Waals surface area contributed by atoms with E-state index in [2.05, 4.69) is 0 Å². The van der Waals surface area contributed by atoms with Crippen LogP contribution in [0, 0.1) is 0 Å². The Balaban J connectivity index is 2.01. The monoisotopic (exact) mass is 256 g/mol. The topological polar surface area (TPSA) is 46.5 Å². The highest BCUT2D eigenvalue weighted by Gasteiger charge is 1.97. The largest absolute Gasteiger partial charge is 0.494 e. The van der Waals surface area contributed by atoms with E-state index >= 15 is 0 Å². The molecule has 1 N–H and O–H groups in total. The highest BCUT2D eigenvalue weighted by atomic mass is 35.5. The van der Waals surface area contributed by atoms with Crippen LogP contribution in [-0.2, 0) is 4.79 Å². The van der Waals surface area contributed by atoms with E-state index in [-0.39, 0.29) is 6.42 Å². The van der Waals surface area contributed by atoms with Crippen LogP contribution in [0.1, 0.15) is 32.1 Å². The molecule has 1 aromatic carbocycles. The molecule has 0 saturated carbocycles. The second-order valence-corrected chi connectivity index (χ2v) is 4.30. The van der Waals surface area contributed by atoms with Gasteiger partial charge in [-0.05, 0) is 37.1 Å². The van der Waals surface area contributed by atoms with Gasteiger partial charge < -0.3 is 9.84 Å². The third kappa shape index (κ3) is 6.84. The summed E-state index contributed by atoms with van der Waals surface area (Å²) in [5, 5.41) is 9.15. The minimum absolute atomic E-state index is 0.262. The van der Waals surface area contributed by atoms with Crippen LogP contribution in [-0.4, -0.2) is 17.7 Å². The maximum absolute atomic E-state index is 10.3. The van der Waals surface area contributed by atoms with Crippen molar-refractivity contribution in [1.82, 2.24) is 0 Å². The molecule has 0 aromatic heterocycles. The van der Waals surface area contributed by atoms with Crippen LogP contribution in [0.3, 0.4) is 0 Å². The molecule has 0 radical (unpaired) electrons. The molecule has 0 bridgehead atoms. The number of carbonyl (C=O) groups is 1. The van der Waals surface area contributed by atoms with Gasteiger partial charge in [0.25, 0.3) is 0 Å². The fraction of sp³-hybridized carbons (Fsp3) is 0.462. The van der Waals surface area contributed by atoms with Gasteiger partial charge in [0.1, 0.15) is 5.75 Å². The predicted molar refractivity (Wildman–Crippen MR) is 67.7 cm³/mol. The van der Waals surface area contributed by atoms with E-state index in [4.69, 9.17) is 21.4 Å². The van der Waals surface area contributed by atoms with Gasteiger partial charge in [-0.15, -0.1) is 0 Å². The molecule has 1 aromatic rings. The summed E-state index contributed by atoms with van der Waals surface area (Å²) in [5.74, 6) is 0.0994. The standard InChI is InChI=1S/C13H17ClO3/c14-11-6-8-12(9-7-11)17-10-4-2-1-3-5-13(15)16/h6-9H,1-5,10H2,(H,15,16). The van der Waals surface area contributed by atoms with Crippen LogP contribution < -0.4 is 4.74 Å². The summed E-state index contributed by atoms with van der Waals surface area (Å²) in [4.78, 5) is 10.3. The van der Waals surface area contributed by atoms with Gasteiger partial charge in [0, 0.05) is 11.4 Å². The first-order valence-electron chi connectivity index (χ1n) is 5.78. The number of carboxylic acid groups (broad SMARTS) is 1. The lowest BCUT2D eigenvalue weighted by Gasteiger charge is -2.05. The number of ether oxygens (including phenoxy) is 1. The fourth-order valence-electron chi connectivity index (χ4n) is 1.45. The predicted octanol–water partition coefficient (Wildman–Crippen LogP) is 3.75. The molecule has 0 aliphatic rings. The van der Waals surface area contributed by atoms with Gasteiger partial charge in [-0.25, -0.2) is 0 Å². The van der Waals surface area contributed by atoms with Crippen molar-refractivity contribution in [3.63, 3.8) is 0 Å². The van der Waals surface area contributed by atoms with Crippen molar-refractivity contribution in [2.24, 2.45) is 0 Å². The molecule has 0 saturated heterocycles. The molecule has 0 aliphatic heterocycles. The van der Waals surface area contributed by atoms with E-state index in [1.165, 1.54) is 0 Å². The molecule has 1 rings (SSSR count). The number of halogens is 1. The van der Waals surface area contributed by atoms with Gasteiger partial charge in [0.2, 0.25) is 0 Å². The molecule has 0 fully saturated rings. The average Bonchev–Trinajstić information content (AvgIpc) is 2.30. The van der Waals surface area contributed by atoms with Crippen LogP contribution >= 0.6 is 11.6 Å². The molecular weight excluding hydrogens is 240 g/mol. The highest BCUT2D eigenvalue weighted by molar-refractivity contribution is 6.30. The van der Waals surface area contributed by atoms with Gasteiger partial charge in [-0.3, -0.25) is 4.79 Å². The van der Waals surface area contributed by atoms with E-state index in [0.717, 1.165) is 31.4 Å². The van der Waals surface area contributed by atoms with Crippen LogP contribution in [0.4, 0.5) is 0 Å². The maximum Gasteiger partial charge on any atom is 0.303 e. The van der Waals surface area contributed by atoms with Gasteiger partial charge in [-0.2, -0.15) is 0 Å². The summed E-state index contributed by atoms with van der Waals surface area (Å²) in [6.45, 7) is 0.661. The van der Waals surface area contributed by atoms with Crippen molar-refractivity contribution in [3.8, 4) is 5.75 Å². The summed E-state index contributed by atoms with van der Waals surface area (Å²) in [5.41, 5.74) is 0. The number of unbranched alkanes of at least 4 members (excludes halogenated alkanes) is 3. The van der Waals surface area contributed by atoms with Gasteiger partial charge >= 0.3 is 5.97 Å². The normalized spacial score (nSPS) is 10.2. The summed E-state index contributed by atoms with van der Waals surface area (Å²) in [6.07, 6.45) is 3.90. The Morgan fingerprint density at radius 2 is 1.76 bits per heavy atom. The van der Waals surface area contributed by atoms with Crippen molar-refractivity contribution in [3.05, 3.63) is 29.3 Å². The lowest BCUT2D eigenvalue weighted by molar-refractivity contribution is -0.137. The Labute approximate surface area is 106 Å². The lowest BCUT2D eigenvalue weighted by Crippen LogP contribution is -1.98. The second-order valence-electron chi connectivity index (χ2n) is 3.86. The molecule has 4 heteroatoms. The van der Waals surface area contributed by atoms with Crippen molar-refractivity contribution in [1.29, 1.82) is 0 Å². The van der Waals surface area contributed by atoms with Gasteiger partial charge in [-0.1, -0.05) is 24.4 Å².